The fourth-order valence-electron chi connectivity index (χ4n) is 3.00. The number of hydrogen-bond donors (Lipinski definition) is 0. The van der Waals surface area contributed by atoms with Crippen LogP contribution in [-0.2, 0) is 13.2 Å². The Hall–Kier alpha value is -2.32. The highest BCUT2D eigenvalue weighted by molar-refractivity contribution is 5.93. The van der Waals surface area contributed by atoms with Gasteiger partial charge in [0.1, 0.15) is 17.1 Å². The maximum Gasteiger partial charge on any atom is 0.435 e. The Bertz CT molecular complexity index is 779. The van der Waals surface area contributed by atoms with E-state index in [1.807, 2.05) is 19.9 Å². The molecule has 0 N–H and O–H groups in total. The number of carbonyl (C=O) groups is 1. The van der Waals surface area contributed by atoms with Crippen molar-refractivity contribution in [2.24, 2.45) is 7.05 Å². The van der Waals surface area contributed by atoms with Gasteiger partial charge in [-0.15, -0.1) is 0 Å². The fraction of sp³-hybridized carbons (Fsp3) is 0.562. The third-order valence-corrected chi connectivity index (χ3v) is 4.36. The van der Waals surface area contributed by atoms with Gasteiger partial charge in [-0.1, -0.05) is 19.0 Å². The molecule has 9 heteroatoms. The molecule has 1 saturated heterocycles. The van der Waals surface area contributed by atoms with E-state index in [1.165, 1.54) is 7.05 Å². The Labute approximate surface area is 142 Å². The minimum absolute atomic E-state index is 0.0909. The SMILES string of the molecule is CC(C)c1cc([C@H]2CCCN2C(=O)c2cc(C(F)(F)F)nn2C)no1. The fourth-order valence-corrected chi connectivity index (χ4v) is 3.00. The molecule has 6 nitrogen and oxygen atoms in total. The lowest BCUT2D eigenvalue weighted by Gasteiger charge is -2.22. The van der Waals surface area contributed by atoms with Crippen molar-refractivity contribution in [3.8, 4) is 0 Å². The molecule has 0 aromatic carbocycles. The summed E-state index contributed by atoms with van der Waals surface area (Å²) in [5.41, 5.74) is -0.530. The first kappa shape index (κ1) is 17.5. The Morgan fingerprint density at radius 3 is 2.64 bits per heavy atom. The maximum atomic E-state index is 12.8. The van der Waals surface area contributed by atoms with Crippen molar-refractivity contribution in [3.05, 3.63) is 35.0 Å². The Kier molecular flexibility index (Phi) is 4.34. The van der Waals surface area contributed by atoms with Gasteiger partial charge in [0.05, 0.1) is 6.04 Å². The van der Waals surface area contributed by atoms with Crippen LogP contribution in [-0.4, -0.2) is 32.3 Å². The van der Waals surface area contributed by atoms with Crippen molar-refractivity contribution in [3.63, 3.8) is 0 Å². The van der Waals surface area contributed by atoms with E-state index in [9.17, 15) is 18.0 Å². The summed E-state index contributed by atoms with van der Waals surface area (Å²) in [7, 11) is 1.33. The molecule has 0 saturated carbocycles. The number of alkyl halides is 3. The van der Waals surface area contributed by atoms with Crippen LogP contribution in [0.2, 0.25) is 0 Å². The molecule has 0 bridgehead atoms. The van der Waals surface area contributed by atoms with E-state index < -0.39 is 17.8 Å². The zero-order valence-electron chi connectivity index (χ0n) is 14.2. The summed E-state index contributed by atoms with van der Waals surface area (Å²) in [6.07, 6.45) is -3.14. The van der Waals surface area contributed by atoms with Gasteiger partial charge in [0.25, 0.3) is 5.91 Å². The summed E-state index contributed by atoms with van der Waals surface area (Å²) < 4.78 is 44.7. The summed E-state index contributed by atoms with van der Waals surface area (Å²) in [4.78, 5) is 14.3. The molecule has 0 unspecified atom stereocenters. The standard InChI is InChI=1S/C16H19F3N4O2/c1-9(2)13-7-10(21-25-13)11-5-4-6-23(11)15(24)12-8-14(16(17,18)19)20-22(12)3/h7-9,11H,4-6H2,1-3H3/t11-/m1/s1. The van der Waals surface area contributed by atoms with Crippen molar-refractivity contribution >= 4 is 5.91 Å². The smallest absolute Gasteiger partial charge is 0.361 e. The van der Waals surface area contributed by atoms with E-state index in [0.717, 1.165) is 17.2 Å². The zero-order valence-corrected chi connectivity index (χ0v) is 14.2. The first-order valence-electron chi connectivity index (χ1n) is 8.07. The molecular formula is C16H19F3N4O2. The number of aromatic nitrogens is 3. The number of rotatable bonds is 3. The van der Waals surface area contributed by atoms with E-state index in [4.69, 9.17) is 4.52 Å². The van der Waals surface area contributed by atoms with Gasteiger partial charge in [0, 0.05) is 31.6 Å². The molecule has 0 spiro atoms. The van der Waals surface area contributed by atoms with Gasteiger partial charge >= 0.3 is 6.18 Å². The van der Waals surface area contributed by atoms with Gasteiger partial charge in [-0.05, 0) is 12.8 Å². The van der Waals surface area contributed by atoms with Gasteiger partial charge in [-0.25, -0.2) is 0 Å². The van der Waals surface area contributed by atoms with Crippen LogP contribution < -0.4 is 0 Å². The van der Waals surface area contributed by atoms with Gasteiger partial charge in [-0.2, -0.15) is 18.3 Å². The maximum absolute atomic E-state index is 12.8. The van der Waals surface area contributed by atoms with Gasteiger partial charge in [0.15, 0.2) is 5.69 Å². The van der Waals surface area contributed by atoms with Crippen molar-refractivity contribution in [2.75, 3.05) is 6.54 Å². The topological polar surface area (TPSA) is 64.2 Å². The largest absolute Gasteiger partial charge is 0.435 e. The highest BCUT2D eigenvalue weighted by Gasteiger charge is 2.38. The minimum atomic E-state index is -4.58. The van der Waals surface area contributed by atoms with Crippen LogP contribution in [0.4, 0.5) is 13.2 Å². The van der Waals surface area contributed by atoms with Crippen LogP contribution in [0, 0.1) is 0 Å². The second-order valence-corrected chi connectivity index (χ2v) is 6.50. The molecule has 1 aliphatic rings. The van der Waals surface area contributed by atoms with E-state index in [2.05, 4.69) is 10.3 Å². The number of aryl methyl sites for hydroxylation is 1. The van der Waals surface area contributed by atoms with Crippen molar-refractivity contribution in [2.45, 2.75) is 44.8 Å². The average molecular weight is 356 g/mol. The van der Waals surface area contributed by atoms with Gasteiger partial charge in [0.2, 0.25) is 0 Å². The molecule has 0 radical (unpaired) electrons. The van der Waals surface area contributed by atoms with Gasteiger partial charge < -0.3 is 9.42 Å². The number of likely N-dealkylation sites (tertiary alicyclic amines) is 1. The van der Waals surface area contributed by atoms with Crippen molar-refractivity contribution in [1.29, 1.82) is 0 Å². The zero-order chi connectivity index (χ0) is 18.4. The van der Waals surface area contributed by atoms with Crippen LogP contribution in [0.1, 0.15) is 66.3 Å². The number of nitrogens with zero attached hydrogens (tertiary/aromatic N) is 4. The van der Waals surface area contributed by atoms with Gasteiger partial charge in [-0.3, -0.25) is 9.48 Å². The molecule has 1 fully saturated rings. The van der Waals surface area contributed by atoms with Crippen LogP contribution >= 0.6 is 0 Å². The van der Waals surface area contributed by atoms with Crippen LogP contribution in [0.3, 0.4) is 0 Å². The predicted molar refractivity (Wildman–Crippen MR) is 81.8 cm³/mol. The first-order valence-corrected chi connectivity index (χ1v) is 8.07. The average Bonchev–Trinajstić information content (AvgIpc) is 3.24. The summed E-state index contributed by atoms with van der Waals surface area (Å²) in [5, 5.41) is 7.45. The summed E-state index contributed by atoms with van der Waals surface area (Å²) in [6, 6.07) is 2.30. The highest BCUT2D eigenvalue weighted by Crippen LogP contribution is 2.35. The highest BCUT2D eigenvalue weighted by atomic mass is 19.4. The summed E-state index contributed by atoms with van der Waals surface area (Å²) >= 11 is 0. The molecule has 2 aromatic rings. The second-order valence-electron chi connectivity index (χ2n) is 6.50. The minimum Gasteiger partial charge on any atom is -0.361 e. The summed E-state index contributed by atoms with van der Waals surface area (Å²) in [6.45, 7) is 4.40. The Balaban J connectivity index is 1.87. The van der Waals surface area contributed by atoms with Crippen LogP contribution in [0.15, 0.2) is 16.7 Å². The predicted octanol–water partition coefficient (Wildman–Crippen LogP) is 3.53. The molecule has 1 amide bonds. The third kappa shape index (κ3) is 3.27. The molecule has 3 heterocycles. The second kappa shape index (κ2) is 6.20. The Morgan fingerprint density at radius 1 is 1.36 bits per heavy atom. The molecule has 2 aromatic heterocycles. The number of carbonyl (C=O) groups excluding carboxylic acids is 1. The Morgan fingerprint density at radius 2 is 2.08 bits per heavy atom. The lowest BCUT2D eigenvalue weighted by molar-refractivity contribution is -0.141. The van der Waals surface area contributed by atoms with Crippen LogP contribution in [0.25, 0.3) is 0 Å². The molecular weight excluding hydrogens is 337 g/mol. The monoisotopic (exact) mass is 356 g/mol. The summed E-state index contributed by atoms with van der Waals surface area (Å²) in [5.74, 6) is 0.398. The molecule has 136 valence electrons. The van der Waals surface area contributed by atoms with Crippen LogP contribution in [0.5, 0.6) is 0 Å². The third-order valence-electron chi connectivity index (χ3n) is 4.36. The van der Waals surface area contributed by atoms with E-state index in [-0.39, 0.29) is 17.7 Å². The number of halogens is 3. The number of hydrogen-bond acceptors (Lipinski definition) is 4. The quantitative estimate of drug-likeness (QED) is 0.844. The number of amides is 1. The molecule has 1 aliphatic heterocycles. The molecule has 0 aliphatic carbocycles. The lowest BCUT2D eigenvalue weighted by atomic mass is 10.1. The molecule has 1 atom stereocenters. The first-order chi connectivity index (χ1) is 11.7. The molecule has 25 heavy (non-hydrogen) atoms. The molecule has 3 rings (SSSR count). The van der Waals surface area contributed by atoms with E-state index in [0.29, 0.717) is 24.4 Å². The van der Waals surface area contributed by atoms with E-state index in [1.54, 1.807) is 4.90 Å². The van der Waals surface area contributed by atoms with Crippen molar-refractivity contribution in [1.82, 2.24) is 19.8 Å². The van der Waals surface area contributed by atoms with Crippen molar-refractivity contribution < 1.29 is 22.5 Å². The van der Waals surface area contributed by atoms with E-state index >= 15 is 0 Å². The normalized spacial score (nSPS) is 18.4. The lowest BCUT2D eigenvalue weighted by Crippen LogP contribution is -2.32.